The molecule has 192 valence electrons. The van der Waals surface area contributed by atoms with E-state index < -0.39 is 10.0 Å². The van der Waals surface area contributed by atoms with Crippen LogP contribution in [0, 0.1) is 12.8 Å². The molecule has 1 aliphatic carbocycles. The first-order valence-corrected chi connectivity index (χ1v) is 14.8. The van der Waals surface area contributed by atoms with Crippen LogP contribution >= 0.6 is 11.3 Å². The highest BCUT2D eigenvalue weighted by atomic mass is 32.2. The molecule has 1 N–H and O–H groups in total. The first-order chi connectivity index (χ1) is 17.3. The molecule has 2 amide bonds. The van der Waals surface area contributed by atoms with Crippen molar-refractivity contribution in [1.29, 1.82) is 0 Å². The van der Waals surface area contributed by atoms with E-state index in [1.807, 2.05) is 29.3 Å². The molecule has 0 radical (unpaired) electrons. The molecule has 5 rings (SSSR count). The summed E-state index contributed by atoms with van der Waals surface area (Å²) in [6.45, 7) is 4.07. The van der Waals surface area contributed by atoms with E-state index in [4.69, 9.17) is 0 Å². The van der Waals surface area contributed by atoms with Gasteiger partial charge in [-0.25, -0.2) is 8.42 Å². The van der Waals surface area contributed by atoms with Crippen molar-refractivity contribution in [2.24, 2.45) is 5.92 Å². The standard InChI is InChI=1S/C26H32N4O4S2/c1-18-9-11-19(12-10-18)36(33,34)27-23-24(20-6-3-4-7-21(20)28(2)26(23)32)29-13-15-30(16-14-29)25(31)22-8-5-17-35-22/h5,8-12,17,20-21,27H,3-4,6-7,13-16H2,1-2H3. The summed E-state index contributed by atoms with van der Waals surface area (Å²) in [6, 6.07) is 10.4. The van der Waals surface area contributed by atoms with Crippen LogP contribution in [-0.2, 0) is 14.8 Å². The molecule has 3 aliphatic rings. The molecule has 8 nitrogen and oxygen atoms in total. The Morgan fingerprint density at radius 3 is 2.39 bits per heavy atom. The lowest BCUT2D eigenvalue weighted by molar-refractivity contribution is -0.131. The zero-order valence-corrected chi connectivity index (χ0v) is 22.3. The van der Waals surface area contributed by atoms with Crippen LogP contribution in [0.1, 0.15) is 40.9 Å². The Kier molecular flexibility index (Phi) is 6.82. The average molecular weight is 529 g/mol. The van der Waals surface area contributed by atoms with Crippen molar-refractivity contribution in [3.05, 3.63) is 63.6 Å². The fraction of sp³-hybridized carbons (Fsp3) is 0.462. The summed E-state index contributed by atoms with van der Waals surface area (Å²) >= 11 is 1.43. The summed E-state index contributed by atoms with van der Waals surface area (Å²) in [6.07, 6.45) is 3.91. The molecule has 2 aromatic rings. The molecule has 2 unspecified atom stereocenters. The van der Waals surface area contributed by atoms with Crippen LogP contribution in [0.3, 0.4) is 0 Å². The molecular formula is C26H32N4O4S2. The largest absolute Gasteiger partial charge is 0.369 e. The summed E-state index contributed by atoms with van der Waals surface area (Å²) in [5, 5.41) is 1.90. The SMILES string of the molecule is Cc1ccc(S(=O)(=O)NC2=C(N3CCN(C(=O)c4cccs4)CC3)C3CCCCC3N(C)C2=O)cc1. The lowest BCUT2D eigenvalue weighted by Gasteiger charge is -2.48. The molecule has 1 aromatic heterocycles. The third-order valence-corrected chi connectivity index (χ3v) is 9.80. The molecule has 1 aromatic carbocycles. The van der Waals surface area contributed by atoms with Crippen molar-refractivity contribution >= 4 is 33.2 Å². The molecule has 36 heavy (non-hydrogen) atoms. The minimum atomic E-state index is -3.94. The molecule has 1 saturated carbocycles. The second kappa shape index (κ2) is 9.89. The van der Waals surface area contributed by atoms with Gasteiger partial charge in [-0.3, -0.25) is 14.3 Å². The summed E-state index contributed by atoms with van der Waals surface area (Å²) < 4.78 is 29.4. The first kappa shape index (κ1) is 24.8. The van der Waals surface area contributed by atoms with Crippen molar-refractivity contribution in [2.45, 2.75) is 43.5 Å². The predicted octanol–water partition coefficient (Wildman–Crippen LogP) is 3.04. The van der Waals surface area contributed by atoms with Crippen molar-refractivity contribution < 1.29 is 18.0 Å². The second-order valence-electron chi connectivity index (χ2n) is 9.81. The smallest absolute Gasteiger partial charge is 0.272 e. The van der Waals surface area contributed by atoms with E-state index in [-0.39, 0.29) is 34.4 Å². The third kappa shape index (κ3) is 4.64. The van der Waals surface area contributed by atoms with Crippen LogP contribution in [-0.4, -0.2) is 74.2 Å². The van der Waals surface area contributed by atoms with E-state index in [1.165, 1.54) is 11.3 Å². The maximum absolute atomic E-state index is 13.6. The van der Waals surface area contributed by atoms with Gasteiger partial charge in [0.05, 0.1) is 9.77 Å². The van der Waals surface area contributed by atoms with E-state index in [2.05, 4.69) is 9.62 Å². The molecule has 1 saturated heterocycles. The molecular weight excluding hydrogens is 496 g/mol. The Balaban J connectivity index is 1.47. The van der Waals surface area contributed by atoms with Gasteiger partial charge in [-0.2, -0.15) is 0 Å². The predicted molar refractivity (Wildman–Crippen MR) is 139 cm³/mol. The number of piperazine rings is 1. The van der Waals surface area contributed by atoms with Crippen LogP contribution in [0.4, 0.5) is 0 Å². The number of sulfonamides is 1. The number of carbonyl (C=O) groups is 2. The quantitative estimate of drug-likeness (QED) is 0.644. The molecule has 2 atom stereocenters. The van der Waals surface area contributed by atoms with E-state index in [0.717, 1.165) is 41.8 Å². The topological polar surface area (TPSA) is 90.0 Å². The van der Waals surface area contributed by atoms with Crippen molar-refractivity contribution in [3.8, 4) is 0 Å². The van der Waals surface area contributed by atoms with Crippen molar-refractivity contribution in [3.63, 3.8) is 0 Å². The summed E-state index contributed by atoms with van der Waals surface area (Å²) in [5.41, 5.74) is 1.91. The zero-order chi connectivity index (χ0) is 25.4. The van der Waals surface area contributed by atoms with Gasteiger partial charge >= 0.3 is 0 Å². The summed E-state index contributed by atoms with van der Waals surface area (Å²) in [4.78, 5) is 33.0. The number of rotatable bonds is 5. The van der Waals surface area contributed by atoms with Gasteiger partial charge in [-0.15, -0.1) is 11.3 Å². The number of fused-ring (bicyclic) bond motifs is 1. The zero-order valence-electron chi connectivity index (χ0n) is 20.6. The maximum atomic E-state index is 13.6. The van der Waals surface area contributed by atoms with E-state index >= 15 is 0 Å². The summed E-state index contributed by atoms with van der Waals surface area (Å²) in [7, 11) is -2.16. The third-order valence-electron chi connectivity index (χ3n) is 7.58. The van der Waals surface area contributed by atoms with Gasteiger partial charge in [0, 0.05) is 50.9 Å². The fourth-order valence-corrected chi connectivity index (χ4v) is 7.39. The number of carbonyl (C=O) groups excluding carboxylic acids is 2. The minimum absolute atomic E-state index is 0.0222. The van der Waals surface area contributed by atoms with Crippen LogP contribution in [0.5, 0.6) is 0 Å². The number of hydrogen-bond donors (Lipinski definition) is 1. The fourth-order valence-electron chi connectivity index (χ4n) is 5.62. The van der Waals surface area contributed by atoms with Gasteiger partial charge in [-0.05, 0) is 43.3 Å². The number of nitrogens with zero attached hydrogens (tertiary/aromatic N) is 3. The van der Waals surface area contributed by atoms with Crippen molar-refractivity contribution in [2.75, 3.05) is 33.2 Å². The molecule has 2 aliphatic heterocycles. The average Bonchev–Trinajstić information content (AvgIpc) is 3.42. The van der Waals surface area contributed by atoms with Crippen LogP contribution in [0.15, 0.2) is 58.1 Å². The minimum Gasteiger partial charge on any atom is -0.369 e. The maximum Gasteiger partial charge on any atom is 0.272 e. The number of hydrogen-bond acceptors (Lipinski definition) is 6. The highest BCUT2D eigenvalue weighted by molar-refractivity contribution is 7.89. The first-order valence-electron chi connectivity index (χ1n) is 12.4. The molecule has 3 heterocycles. The normalized spacial score (nSPS) is 23.1. The Morgan fingerprint density at radius 1 is 1.03 bits per heavy atom. The molecule has 0 spiro atoms. The number of amides is 2. The highest BCUT2D eigenvalue weighted by Gasteiger charge is 2.44. The van der Waals surface area contributed by atoms with Crippen LogP contribution in [0.2, 0.25) is 0 Å². The Hall–Kier alpha value is -2.85. The van der Waals surface area contributed by atoms with E-state index in [9.17, 15) is 18.0 Å². The number of thiophene rings is 1. The van der Waals surface area contributed by atoms with Gasteiger partial charge in [-0.1, -0.05) is 36.6 Å². The lowest BCUT2D eigenvalue weighted by Crippen LogP contribution is -2.57. The Bertz CT molecular complexity index is 1260. The number of likely N-dealkylation sites (N-methyl/N-ethyl adjacent to an activating group) is 1. The second-order valence-corrected chi connectivity index (χ2v) is 12.4. The van der Waals surface area contributed by atoms with Gasteiger partial charge < -0.3 is 14.7 Å². The van der Waals surface area contributed by atoms with Gasteiger partial charge in [0.25, 0.3) is 21.8 Å². The van der Waals surface area contributed by atoms with E-state index in [0.29, 0.717) is 26.2 Å². The van der Waals surface area contributed by atoms with Crippen molar-refractivity contribution in [1.82, 2.24) is 19.4 Å². The Morgan fingerprint density at radius 2 is 1.72 bits per heavy atom. The van der Waals surface area contributed by atoms with Gasteiger partial charge in [0.15, 0.2) is 0 Å². The van der Waals surface area contributed by atoms with Crippen LogP contribution in [0.25, 0.3) is 0 Å². The number of nitrogens with one attached hydrogen (secondary N) is 1. The lowest BCUT2D eigenvalue weighted by atomic mass is 9.78. The number of aryl methyl sites for hydroxylation is 1. The van der Waals surface area contributed by atoms with Crippen LogP contribution < -0.4 is 4.72 Å². The highest BCUT2D eigenvalue weighted by Crippen LogP contribution is 2.40. The molecule has 0 bridgehead atoms. The monoisotopic (exact) mass is 528 g/mol. The van der Waals surface area contributed by atoms with Gasteiger partial charge in [0.1, 0.15) is 5.70 Å². The molecule has 2 fully saturated rings. The Labute approximate surface area is 216 Å². The van der Waals surface area contributed by atoms with Gasteiger partial charge in [0.2, 0.25) is 0 Å². The van der Waals surface area contributed by atoms with E-state index in [1.54, 1.807) is 36.2 Å². The molecule has 10 heteroatoms. The number of benzene rings is 1. The summed E-state index contributed by atoms with van der Waals surface area (Å²) in [5.74, 6) is -0.202.